The van der Waals surface area contributed by atoms with Gasteiger partial charge in [-0.2, -0.15) is 13.2 Å². The number of nitrogens with zero attached hydrogens (tertiary/aromatic N) is 5. The third-order valence-corrected chi connectivity index (χ3v) is 13.1. The van der Waals surface area contributed by atoms with Crippen LogP contribution in [-0.2, 0) is 20.6 Å². The number of methoxy groups -OCH3 is 1. The maximum Gasteiger partial charge on any atom is 0.416 e. The first-order chi connectivity index (χ1) is 31.4. The molecule has 8 rings (SSSR count). The number of nitrogen functional groups attached to an aromatic ring is 1. The average molecular weight is 914 g/mol. The van der Waals surface area contributed by atoms with Crippen molar-refractivity contribution in [1.29, 1.82) is 0 Å². The lowest BCUT2D eigenvalue weighted by Crippen LogP contribution is -2.54. The molecular weight excluding hydrogens is 860 g/mol. The Labute approximate surface area is 379 Å². The highest BCUT2D eigenvalue weighted by atomic mass is 19.4. The Balaban J connectivity index is 0.817. The van der Waals surface area contributed by atoms with Crippen molar-refractivity contribution in [2.75, 3.05) is 69.9 Å². The summed E-state index contributed by atoms with van der Waals surface area (Å²) in [7, 11) is 3.35. The molecule has 1 unspecified atom stereocenters. The number of aryl methyl sites for hydroxylation is 1. The number of hydrogen-bond donors (Lipinski definition) is 4. The van der Waals surface area contributed by atoms with Crippen molar-refractivity contribution >= 4 is 57.6 Å². The molecule has 2 atom stereocenters. The Bertz CT molecular complexity index is 2580. The fourth-order valence-corrected chi connectivity index (χ4v) is 9.14. The monoisotopic (exact) mass is 913 g/mol. The zero-order valence-electron chi connectivity index (χ0n) is 37.3. The van der Waals surface area contributed by atoms with E-state index in [0.717, 1.165) is 55.8 Å². The van der Waals surface area contributed by atoms with E-state index in [1.54, 1.807) is 49.1 Å². The first kappa shape index (κ1) is 46.0. The number of amides is 5. The molecule has 4 aliphatic rings. The Morgan fingerprint density at radius 3 is 2.48 bits per heavy atom. The number of anilines is 3. The number of imide groups is 2. The SMILES string of the molecule is COc1cc2nc(C)nc(N[C@H](C)c3cc(N)cc(C(F)(F)F)c3)c2cc1OCC1(CN(C)C(=O)CCN2CCC(CNc3cccc4c3C(=O)N(C3CCC(=O)NC3=O)C4=O)CC2)CC1. The van der Waals surface area contributed by atoms with Gasteiger partial charge in [-0.1, -0.05) is 6.07 Å². The number of nitrogens with one attached hydrogen (secondary N) is 3. The van der Waals surface area contributed by atoms with E-state index >= 15 is 0 Å². The summed E-state index contributed by atoms with van der Waals surface area (Å²) in [6.07, 6.45) is -0.519. The molecule has 5 amide bonds. The summed E-state index contributed by atoms with van der Waals surface area (Å²) in [6.45, 7) is 7.13. The van der Waals surface area contributed by atoms with Gasteiger partial charge in [-0.05, 0) is 107 Å². The highest BCUT2D eigenvalue weighted by Gasteiger charge is 2.47. The number of carbonyl (C=O) groups excluding carboxylic acids is 5. The molecule has 5 N–H and O–H groups in total. The van der Waals surface area contributed by atoms with E-state index in [-0.39, 0.29) is 41.0 Å². The van der Waals surface area contributed by atoms with Crippen LogP contribution in [0.3, 0.4) is 0 Å². The van der Waals surface area contributed by atoms with Gasteiger partial charge in [-0.25, -0.2) is 9.97 Å². The molecule has 4 aromatic rings. The number of halogens is 3. The molecule has 3 fully saturated rings. The van der Waals surface area contributed by atoms with Crippen molar-refractivity contribution < 1.29 is 46.6 Å². The highest BCUT2D eigenvalue weighted by Crippen LogP contribution is 2.47. The van der Waals surface area contributed by atoms with Gasteiger partial charge < -0.3 is 35.6 Å². The van der Waals surface area contributed by atoms with Crippen LogP contribution in [0.5, 0.6) is 11.5 Å². The van der Waals surface area contributed by atoms with Gasteiger partial charge in [0.15, 0.2) is 11.5 Å². The normalized spacial score (nSPS) is 19.1. The summed E-state index contributed by atoms with van der Waals surface area (Å²) in [4.78, 5) is 78.5. The van der Waals surface area contributed by atoms with Crippen LogP contribution >= 0.6 is 0 Å². The quantitative estimate of drug-likeness (QED) is 0.0760. The van der Waals surface area contributed by atoms with Crippen molar-refractivity contribution in [3.8, 4) is 11.5 Å². The minimum atomic E-state index is -4.55. The lowest BCUT2D eigenvalue weighted by Gasteiger charge is -2.32. The topological polar surface area (TPSA) is 201 Å². The molecular formula is C47H54F3N9O7. The van der Waals surface area contributed by atoms with Gasteiger partial charge in [0.25, 0.3) is 11.8 Å². The number of rotatable bonds is 16. The fourth-order valence-electron chi connectivity index (χ4n) is 9.14. The second-order valence-electron chi connectivity index (χ2n) is 18.0. The number of piperidine rings is 2. The number of ether oxygens (including phenoxy) is 2. The van der Waals surface area contributed by atoms with E-state index in [4.69, 9.17) is 15.2 Å². The Hall–Kier alpha value is -6.50. The van der Waals surface area contributed by atoms with Crippen LogP contribution in [0.4, 0.5) is 30.4 Å². The summed E-state index contributed by atoms with van der Waals surface area (Å²) in [5.74, 6) is -0.0469. The van der Waals surface area contributed by atoms with Crippen LogP contribution in [0, 0.1) is 18.3 Å². The van der Waals surface area contributed by atoms with Crippen LogP contribution in [0.15, 0.2) is 48.5 Å². The van der Waals surface area contributed by atoms with Crippen molar-refractivity contribution in [2.45, 2.75) is 77.1 Å². The van der Waals surface area contributed by atoms with Gasteiger partial charge in [-0.15, -0.1) is 0 Å². The standard InChI is InChI=1S/C47H54F3N9O7/c1-26(29-18-30(47(48,49)50)20-31(51)19-29)53-42-33-21-38(37(65-4)22-35(33)54-27(2)55-42)66-25-46(13-14-46)24-57(3)40(61)12-17-58-15-10-28(11-16-58)23-52-34-7-5-6-32-41(34)45(64)59(44(32)63)36-8-9-39(60)56-43(36)62/h5-7,18-22,26,28,36,52H,8-17,23-25,51H2,1-4H3,(H,53,54,55)(H,56,60,62)/t26-,36?/m1/s1. The van der Waals surface area contributed by atoms with Crippen LogP contribution in [0.1, 0.15) is 95.6 Å². The number of likely N-dealkylation sites (tertiary alicyclic amines) is 1. The molecule has 0 spiro atoms. The molecule has 3 aliphatic heterocycles. The van der Waals surface area contributed by atoms with Gasteiger partial charge in [0.05, 0.1) is 42.0 Å². The molecule has 1 aromatic heterocycles. The molecule has 19 heteroatoms. The summed E-state index contributed by atoms with van der Waals surface area (Å²) in [6, 6.07) is 10.4. The molecule has 4 heterocycles. The molecule has 1 aliphatic carbocycles. The maximum atomic E-state index is 13.6. The van der Waals surface area contributed by atoms with Gasteiger partial charge in [0.2, 0.25) is 17.7 Å². The van der Waals surface area contributed by atoms with E-state index in [9.17, 15) is 37.1 Å². The van der Waals surface area contributed by atoms with Crippen molar-refractivity contribution in [3.05, 3.63) is 76.6 Å². The highest BCUT2D eigenvalue weighted by molar-refractivity contribution is 6.25. The Morgan fingerprint density at radius 1 is 1.03 bits per heavy atom. The van der Waals surface area contributed by atoms with Crippen LogP contribution in [0.25, 0.3) is 10.9 Å². The lowest BCUT2D eigenvalue weighted by molar-refractivity contribution is -0.138. The number of alkyl halides is 3. The predicted octanol–water partition coefficient (Wildman–Crippen LogP) is 5.95. The van der Waals surface area contributed by atoms with Crippen molar-refractivity contribution in [3.63, 3.8) is 0 Å². The minimum Gasteiger partial charge on any atom is -0.493 e. The van der Waals surface area contributed by atoms with Gasteiger partial charge in [-0.3, -0.25) is 34.2 Å². The smallest absolute Gasteiger partial charge is 0.416 e. The molecule has 16 nitrogen and oxygen atoms in total. The number of carbonyl (C=O) groups is 5. The van der Waals surface area contributed by atoms with E-state index < -0.39 is 47.5 Å². The summed E-state index contributed by atoms with van der Waals surface area (Å²) < 4.78 is 52.8. The van der Waals surface area contributed by atoms with E-state index in [2.05, 4.69) is 30.8 Å². The molecule has 0 bridgehead atoms. The summed E-state index contributed by atoms with van der Waals surface area (Å²) >= 11 is 0. The van der Waals surface area contributed by atoms with Gasteiger partial charge in [0, 0.05) is 67.8 Å². The fraction of sp³-hybridized carbons (Fsp3) is 0.468. The van der Waals surface area contributed by atoms with Crippen LogP contribution < -0.4 is 31.2 Å². The summed E-state index contributed by atoms with van der Waals surface area (Å²) in [5, 5.41) is 9.45. The van der Waals surface area contributed by atoms with E-state index in [0.29, 0.717) is 83.9 Å². The number of nitrogens with two attached hydrogens (primary N) is 1. The lowest BCUT2D eigenvalue weighted by atomic mass is 9.96. The first-order valence-corrected chi connectivity index (χ1v) is 22.2. The molecule has 350 valence electrons. The van der Waals surface area contributed by atoms with E-state index in [1.165, 1.54) is 13.2 Å². The predicted molar refractivity (Wildman–Crippen MR) is 239 cm³/mol. The van der Waals surface area contributed by atoms with Crippen LogP contribution in [-0.4, -0.2) is 114 Å². The third-order valence-electron chi connectivity index (χ3n) is 13.1. The molecule has 2 saturated heterocycles. The molecule has 0 radical (unpaired) electrons. The zero-order chi connectivity index (χ0) is 47.1. The zero-order valence-corrected chi connectivity index (χ0v) is 37.3. The minimum absolute atomic E-state index is 0.000515. The summed E-state index contributed by atoms with van der Waals surface area (Å²) in [5.41, 5.74) is 6.70. The number of aromatic nitrogens is 2. The third kappa shape index (κ3) is 9.85. The largest absolute Gasteiger partial charge is 0.493 e. The van der Waals surface area contributed by atoms with Gasteiger partial charge in [0.1, 0.15) is 17.7 Å². The van der Waals surface area contributed by atoms with E-state index in [1.807, 2.05) is 7.05 Å². The molecule has 66 heavy (non-hydrogen) atoms. The van der Waals surface area contributed by atoms with Crippen LogP contribution in [0.2, 0.25) is 0 Å². The maximum absolute atomic E-state index is 13.6. The number of fused-ring (bicyclic) bond motifs is 2. The number of benzene rings is 3. The second-order valence-corrected chi connectivity index (χ2v) is 18.0. The number of hydrogen-bond acceptors (Lipinski definition) is 13. The van der Waals surface area contributed by atoms with Crippen molar-refractivity contribution in [1.82, 2.24) is 30.0 Å². The Kier molecular flexibility index (Phi) is 12.8. The molecule has 3 aromatic carbocycles. The van der Waals surface area contributed by atoms with Gasteiger partial charge >= 0.3 is 6.18 Å². The second kappa shape index (κ2) is 18.4. The molecule has 1 saturated carbocycles. The Morgan fingerprint density at radius 2 is 1.79 bits per heavy atom. The first-order valence-electron chi connectivity index (χ1n) is 22.2. The van der Waals surface area contributed by atoms with Crippen molar-refractivity contribution in [2.24, 2.45) is 11.3 Å². The average Bonchev–Trinajstić information content (AvgIpc) is 4.00.